The van der Waals surface area contributed by atoms with Gasteiger partial charge in [0.2, 0.25) is 0 Å². The molecule has 0 bridgehead atoms. The number of benzene rings is 1. The summed E-state index contributed by atoms with van der Waals surface area (Å²) in [6.07, 6.45) is 1.46. The highest BCUT2D eigenvalue weighted by Crippen LogP contribution is 2.31. The Hall–Kier alpha value is -2.36. The first-order chi connectivity index (χ1) is 10.1. The fourth-order valence-corrected chi connectivity index (χ4v) is 3.97. The molecule has 0 spiro atoms. The quantitative estimate of drug-likeness (QED) is 0.728. The molecule has 3 rings (SSSR count). The molecule has 2 aromatic heterocycles. The highest BCUT2D eigenvalue weighted by atomic mass is 35.5. The first kappa shape index (κ1) is 13.6. The smallest absolute Gasteiger partial charge is 0.237 e. The first-order valence-electron chi connectivity index (χ1n) is 5.93. The summed E-state index contributed by atoms with van der Waals surface area (Å²) in [6, 6.07) is 13.0. The number of nitriles is 1. The maximum Gasteiger partial charge on any atom is 0.270 e. The molecule has 5 nitrogen and oxygen atoms in total. The van der Waals surface area contributed by atoms with Gasteiger partial charge in [-0.3, -0.25) is 0 Å². The van der Waals surface area contributed by atoms with Crippen molar-refractivity contribution >= 4 is 32.7 Å². The number of nitrogens with zero attached hydrogens (tertiary/aromatic N) is 3. The summed E-state index contributed by atoms with van der Waals surface area (Å²) >= 11 is 6.11. The van der Waals surface area contributed by atoms with Gasteiger partial charge in [-0.15, -0.1) is 0 Å². The Bertz CT molecular complexity index is 973. The maximum absolute atomic E-state index is 12.7. The van der Waals surface area contributed by atoms with Crippen molar-refractivity contribution < 1.29 is 8.42 Å². The molecular weight excluding hydrogens is 310 g/mol. The lowest BCUT2D eigenvalue weighted by atomic mass is 10.2. The summed E-state index contributed by atoms with van der Waals surface area (Å²) in [6.45, 7) is 0. The molecule has 0 fully saturated rings. The molecule has 0 saturated heterocycles. The van der Waals surface area contributed by atoms with E-state index >= 15 is 0 Å². The topological polar surface area (TPSA) is 75.8 Å². The van der Waals surface area contributed by atoms with Gasteiger partial charge in [-0.25, -0.2) is 17.4 Å². The zero-order valence-corrected chi connectivity index (χ0v) is 12.1. The van der Waals surface area contributed by atoms with Gasteiger partial charge in [-0.1, -0.05) is 29.8 Å². The lowest BCUT2D eigenvalue weighted by Gasteiger charge is -2.07. The Morgan fingerprint density at radius 2 is 1.86 bits per heavy atom. The van der Waals surface area contributed by atoms with Crippen LogP contribution in [-0.2, 0) is 10.0 Å². The minimum atomic E-state index is -3.91. The molecule has 0 radical (unpaired) electrons. The summed E-state index contributed by atoms with van der Waals surface area (Å²) in [5.74, 6) is 0. The van der Waals surface area contributed by atoms with Gasteiger partial charge < -0.3 is 0 Å². The molecule has 0 saturated carbocycles. The molecule has 0 aliphatic rings. The van der Waals surface area contributed by atoms with Crippen LogP contribution in [0.25, 0.3) is 11.0 Å². The molecule has 0 atom stereocenters. The third-order valence-electron chi connectivity index (χ3n) is 3.03. The van der Waals surface area contributed by atoms with Crippen molar-refractivity contribution in [3.05, 3.63) is 59.4 Å². The average molecular weight is 318 g/mol. The van der Waals surface area contributed by atoms with E-state index < -0.39 is 10.0 Å². The Balaban J connectivity index is 2.42. The summed E-state index contributed by atoms with van der Waals surface area (Å²) < 4.78 is 26.4. The molecule has 104 valence electrons. The maximum atomic E-state index is 12.7. The van der Waals surface area contributed by atoms with Crippen LogP contribution in [0.2, 0.25) is 5.15 Å². The van der Waals surface area contributed by atoms with Crippen molar-refractivity contribution in [1.82, 2.24) is 8.96 Å². The van der Waals surface area contributed by atoms with Crippen molar-refractivity contribution in [3.8, 4) is 6.07 Å². The van der Waals surface area contributed by atoms with Crippen LogP contribution < -0.4 is 0 Å². The Morgan fingerprint density at radius 1 is 1.14 bits per heavy atom. The second-order valence-electron chi connectivity index (χ2n) is 4.23. The van der Waals surface area contributed by atoms with Crippen LogP contribution in [0.5, 0.6) is 0 Å². The zero-order chi connectivity index (χ0) is 15.0. The van der Waals surface area contributed by atoms with Gasteiger partial charge in [0.05, 0.1) is 10.5 Å². The highest BCUT2D eigenvalue weighted by molar-refractivity contribution is 7.90. The third kappa shape index (κ3) is 1.98. The number of pyridine rings is 1. The van der Waals surface area contributed by atoms with Crippen LogP contribution in [-0.4, -0.2) is 17.4 Å². The van der Waals surface area contributed by atoms with Crippen LogP contribution in [0, 0.1) is 11.3 Å². The second-order valence-corrected chi connectivity index (χ2v) is 6.38. The molecule has 0 unspecified atom stereocenters. The van der Waals surface area contributed by atoms with Crippen molar-refractivity contribution in [2.45, 2.75) is 4.90 Å². The van der Waals surface area contributed by atoms with Gasteiger partial charge in [-0.05, 0) is 24.3 Å². The van der Waals surface area contributed by atoms with E-state index in [1.165, 1.54) is 18.3 Å². The number of fused-ring (bicyclic) bond motifs is 1. The largest absolute Gasteiger partial charge is 0.270 e. The summed E-state index contributed by atoms with van der Waals surface area (Å²) in [5.41, 5.74) is 0.238. The van der Waals surface area contributed by atoms with Crippen LogP contribution in [0.3, 0.4) is 0 Å². The summed E-state index contributed by atoms with van der Waals surface area (Å²) in [7, 11) is -3.91. The lowest BCUT2D eigenvalue weighted by Crippen LogP contribution is -2.13. The average Bonchev–Trinajstić information content (AvgIpc) is 2.80. The standard InChI is InChI=1S/C14H8ClN3O2S/c15-13-12(9-16)11-7-4-8-17-14(11)18(13)21(19,20)10-5-2-1-3-6-10/h1-8H. The number of halogens is 1. The predicted octanol–water partition coefficient (Wildman–Crippen LogP) is 2.80. The number of aromatic nitrogens is 2. The molecule has 0 aliphatic heterocycles. The Labute approximate surface area is 126 Å². The van der Waals surface area contributed by atoms with Gasteiger partial charge in [-0.2, -0.15) is 5.26 Å². The molecule has 7 heteroatoms. The van der Waals surface area contributed by atoms with Crippen molar-refractivity contribution in [3.63, 3.8) is 0 Å². The molecule has 1 aromatic carbocycles. The molecular formula is C14H8ClN3O2S. The van der Waals surface area contributed by atoms with Gasteiger partial charge in [0.15, 0.2) is 5.65 Å². The number of hydrogen-bond donors (Lipinski definition) is 0. The first-order valence-corrected chi connectivity index (χ1v) is 7.75. The Morgan fingerprint density at radius 3 is 2.52 bits per heavy atom. The van der Waals surface area contributed by atoms with E-state index in [9.17, 15) is 13.7 Å². The molecule has 0 aliphatic carbocycles. The Kier molecular flexibility index (Phi) is 3.16. The van der Waals surface area contributed by atoms with Crippen LogP contribution in [0.4, 0.5) is 0 Å². The minimum absolute atomic E-state index is 0.0824. The third-order valence-corrected chi connectivity index (χ3v) is 5.19. The van der Waals surface area contributed by atoms with E-state index in [1.54, 1.807) is 30.3 Å². The molecule has 21 heavy (non-hydrogen) atoms. The molecule has 3 aromatic rings. The van der Waals surface area contributed by atoms with E-state index in [4.69, 9.17) is 11.6 Å². The molecule has 2 heterocycles. The highest BCUT2D eigenvalue weighted by Gasteiger charge is 2.26. The van der Waals surface area contributed by atoms with Gasteiger partial charge in [0.25, 0.3) is 10.0 Å². The van der Waals surface area contributed by atoms with Crippen molar-refractivity contribution in [2.24, 2.45) is 0 Å². The van der Waals surface area contributed by atoms with E-state index in [0.717, 1.165) is 3.97 Å². The normalized spacial score (nSPS) is 11.4. The summed E-state index contributed by atoms with van der Waals surface area (Å²) in [5, 5.41) is 9.45. The van der Waals surface area contributed by atoms with Crippen molar-refractivity contribution in [1.29, 1.82) is 5.26 Å². The number of hydrogen-bond acceptors (Lipinski definition) is 4. The zero-order valence-electron chi connectivity index (χ0n) is 10.6. The SMILES string of the molecule is N#Cc1c(Cl)n(S(=O)(=O)c2ccccc2)c2ncccc12. The second kappa shape index (κ2) is 4.88. The van der Waals surface area contributed by atoms with Crippen LogP contribution >= 0.6 is 11.6 Å². The van der Waals surface area contributed by atoms with E-state index in [1.807, 2.05) is 6.07 Å². The fraction of sp³-hybridized carbons (Fsp3) is 0. The molecule has 0 amide bonds. The van der Waals surface area contributed by atoms with Gasteiger partial charge in [0, 0.05) is 11.6 Å². The number of rotatable bonds is 2. The monoisotopic (exact) mass is 317 g/mol. The van der Waals surface area contributed by atoms with Crippen LogP contribution in [0.15, 0.2) is 53.6 Å². The minimum Gasteiger partial charge on any atom is -0.237 e. The van der Waals surface area contributed by atoms with Crippen LogP contribution in [0.1, 0.15) is 5.56 Å². The van der Waals surface area contributed by atoms with E-state index in [-0.39, 0.29) is 21.3 Å². The van der Waals surface area contributed by atoms with E-state index in [0.29, 0.717) is 5.39 Å². The lowest BCUT2D eigenvalue weighted by molar-refractivity contribution is 0.589. The van der Waals surface area contributed by atoms with Gasteiger partial charge in [0.1, 0.15) is 11.2 Å². The fourth-order valence-electron chi connectivity index (χ4n) is 2.08. The van der Waals surface area contributed by atoms with Crippen molar-refractivity contribution in [2.75, 3.05) is 0 Å². The summed E-state index contributed by atoms with van der Waals surface area (Å²) in [4.78, 5) is 4.13. The van der Waals surface area contributed by atoms with Gasteiger partial charge >= 0.3 is 0 Å². The molecule has 0 N–H and O–H groups in total. The van der Waals surface area contributed by atoms with E-state index in [2.05, 4.69) is 4.98 Å². The predicted molar refractivity (Wildman–Crippen MR) is 78.5 cm³/mol.